The lowest BCUT2D eigenvalue weighted by Crippen LogP contribution is -2.45. The lowest BCUT2D eigenvalue weighted by atomic mass is 9.92. The number of halogens is 1. The van der Waals surface area contributed by atoms with Crippen LogP contribution in [0, 0.1) is 12.8 Å². The number of rotatable bonds is 3. The van der Waals surface area contributed by atoms with E-state index in [0.717, 1.165) is 37.2 Å². The van der Waals surface area contributed by atoms with Crippen molar-refractivity contribution in [3.63, 3.8) is 0 Å². The molecule has 118 valence electrons. The predicted molar refractivity (Wildman–Crippen MR) is 87.3 cm³/mol. The van der Waals surface area contributed by atoms with Gasteiger partial charge in [-0.05, 0) is 50.3 Å². The number of carbonyl (C=O) groups excluding carboxylic acids is 1. The number of nitrogens with zero attached hydrogens (tertiary/aromatic N) is 1. The van der Waals surface area contributed by atoms with E-state index in [2.05, 4.69) is 0 Å². The molecular formula is C16H25ClN2O2. The van der Waals surface area contributed by atoms with Crippen molar-refractivity contribution in [3.8, 4) is 5.75 Å². The normalized spacial score (nSPS) is 19.6. The molecule has 1 saturated heterocycles. The lowest BCUT2D eigenvalue weighted by Gasteiger charge is -2.34. The molecule has 4 nitrogen and oxygen atoms in total. The third-order valence-corrected chi connectivity index (χ3v) is 4.14. The van der Waals surface area contributed by atoms with Gasteiger partial charge in [-0.3, -0.25) is 4.79 Å². The van der Waals surface area contributed by atoms with Crippen LogP contribution in [0.5, 0.6) is 5.75 Å². The summed E-state index contributed by atoms with van der Waals surface area (Å²) in [5.74, 6) is 1.24. The number of piperidine rings is 1. The fourth-order valence-corrected chi connectivity index (χ4v) is 2.76. The number of likely N-dealkylation sites (tertiary alicyclic amines) is 1. The van der Waals surface area contributed by atoms with Crippen molar-refractivity contribution in [2.24, 2.45) is 11.7 Å². The Kier molecular flexibility index (Phi) is 6.49. The summed E-state index contributed by atoms with van der Waals surface area (Å²) in [4.78, 5) is 14.5. The molecule has 1 aromatic rings. The molecule has 2 rings (SSSR count). The van der Waals surface area contributed by atoms with E-state index in [1.165, 1.54) is 0 Å². The van der Waals surface area contributed by atoms with E-state index in [1.807, 2.05) is 36.9 Å². The second-order valence-electron chi connectivity index (χ2n) is 5.70. The van der Waals surface area contributed by atoms with Gasteiger partial charge in [-0.25, -0.2) is 0 Å². The maximum atomic E-state index is 12.6. The number of methoxy groups -OCH3 is 1. The number of hydrogen-bond acceptors (Lipinski definition) is 3. The summed E-state index contributed by atoms with van der Waals surface area (Å²) >= 11 is 0. The molecule has 0 saturated carbocycles. The molecule has 0 bridgehead atoms. The monoisotopic (exact) mass is 312 g/mol. The largest absolute Gasteiger partial charge is 0.496 e. The van der Waals surface area contributed by atoms with Crippen molar-refractivity contribution in [1.29, 1.82) is 0 Å². The van der Waals surface area contributed by atoms with Crippen molar-refractivity contribution in [3.05, 3.63) is 29.3 Å². The second kappa shape index (κ2) is 7.66. The Hall–Kier alpha value is -1.26. The van der Waals surface area contributed by atoms with Crippen LogP contribution >= 0.6 is 12.4 Å². The number of hydrogen-bond donors (Lipinski definition) is 1. The van der Waals surface area contributed by atoms with Crippen molar-refractivity contribution in [2.75, 3.05) is 20.2 Å². The van der Waals surface area contributed by atoms with Gasteiger partial charge in [0.1, 0.15) is 5.75 Å². The van der Waals surface area contributed by atoms with Gasteiger partial charge in [0.15, 0.2) is 0 Å². The van der Waals surface area contributed by atoms with Crippen LogP contribution in [0.1, 0.15) is 35.7 Å². The Labute approximate surface area is 133 Å². The lowest BCUT2D eigenvalue weighted by molar-refractivity contribution is 0.0660. The molecule has 1 aromatic carbocycles. The zero-order valence-electron chi connectivity index (χ0n) is 13.0. The molecule has 0 spiro atoms. The standard InChI is InChI=1S/C16H24N2O2.ClH/c1-11-6-7-13(9-15(11)20-3)16(19)18-8-4-5-14(10-18)12(2)17;/h6-7,9,12,14H,4-5,8,10,17H2,1-3H3;1H. The van der Waals surface area contributed by atoms with Crippen LogP contribution in [0.4, 0.5) is 0 Å². The highest BCUT2D eigenvalue weighted by Gasteiger charge is 2.26. The Morgan fingerprint density at radius 1 is 1.48 bits per heavy atom. The van der Waals surface area contributed by atoms with Crippen LogP contribution in [-0.2, 0) is 0 Å². The first kappa shape index (κ1) is 17.8. The average molecular weight is 313 g/mol. The fourth-order valence-electron chi connectivity index (χ4n) is 2.76. The minimum Gasteiger partial charge on any atom is -0.496 e. The molecule has 1 fully saturated rings. The number of ether oxygens (including phenoxy) is 1. The van der Waals surface area contributed by atoms with E-state index in [4.69, 9.17) is 10.5 Å². The quantitative estimate of drug-likeness (QED) is 0.933. The average Bonchev–Trinajstić information content (AvgIpc) is 2.47. The minimum atomic E-state index is 0. The Morgan fingerprint density at radius 3 is 2.81 bits per heavy atom. The number of nitrogens with two attached hydrogens (primary N) is 1. The van der Waals surface area contributed by atoms with Gasteiger partial charge in [-0.1, -0.05) is 6.07 Å². The summed E-state index contributed by atoms with van der Waals surface area (Å²) in [6.07, 6.45) is 2.14. The number of carbonyl (C=O) groups is 1. The number of aryl methyl sites for hydroxylation is 1. The summed E-state index contributed by atoms with van der Waals surface area (Å²) in [6, 6.07) is 5.76. The van der Waals surface area contributed by atoms with Crippen LogP contribution in [0.3, 0.4) is 0 Å². The molecule has 1 aliphatic rings. The van der Waals surface area contributed by atoms with Gasteiger partial charge in [0.25, 0.3) is 5.91 Å². The maximum Gasteiger partial charge on any atom is 0.253 e. The summed E-state index contributed by atoms with van der Waals surface area (Å²) in [7, 11) is 1.63. The first-order chi connectivity index (χ1) is 9.52. The van der Waals surface area contributed by atoms with E-state index >= 15 is 0 Å². The minimum absolute atomic E-state index is 0. The van der Waals surface area contributed by atoms with E-state index in [1.54, 1.807) is 7.11 Å². The second-order valence-corrected chi connectivity index (χ2v) is 5.70. The molecule has 2 unspecified atom stereocenters. The predicted octanol–water partition coefficient (Wildman–Crippen LogP) is 2.62. The molecule has 1 heterocycles. The highest BCUT2D eigenvalue weighted by Crippen LogP contribution is 2.23. The third kappa shape index (κ3) is 4.11. The molecule has 0 radical (unpaired) electrons. The number of amides is 1. The zero-order chi connectivity index (χ0) is 14.7. The van der Waals surface area contributed by atoms with Gasteiger partial charge in [-0.2, -0.15) is 0 Å². The molecule has 1 aliphatic heterocycles. The summed E-state index contributed by atoms with van der Waals surface area (Å²) in [5.41, 5.74) is 7.71. The molecular weight excluding hydrogens is 288 g/mol. The van der Waals surface area contributed by atoms with Gasteiger partial charge in [0, 0.05) is 24.7 Å². The van der Waals surface area contributed by atoms with Crippen LogP contribution in [-0.4, -0.2) is 37.0 Å². The molecule has 0 aliphatic carbocycles. The van der Waals surface area contributed by atoms with Gasteiger partial charge >= 0.3 is 0 Å². The zero-order valence-corrected chi connectivity index (χ0v) is 13.8. The molecule has 2 N–H and O–H groups in total. The van der Waals surface area contributed by atoms with Gasteiger partial charge in [0.05, 0.1) is 7.11 Å². The topological polar surface area (TPSA) is 55.6 Å². The van der Waals surface area contributed by atoms with Crippen molar-refractivity contribution >= 4 is 18.3 Å². The van der Waals surface area contributed by atoms with Gasteiger partial charge < -0.3 is 15.4 Å². The van der Waals surface area contributed by atoms with Crippen molar-refractivity contribution < 1.29 is 9.53 Å². The Balaban J connectivity index is 0.00000220. The Bertz CT molecular complexity index is 491. The summed E-state index contributed by atoms with van der Waals surface area (Å²) < 4.78 is 5.29. The van der Waals surface area contributed by atoms with Crippen LogP contribution in [0.2, 0.25) is 0 Å². The molecule has 2 atom stereocenters. The van der Waals surface area contributed by atoms with Crippen molar-refractivity contribution in [1.82, 2.24) is 4.90 Å². The molecule has 21 heavy (non-hydrogen) atoms. The summed E-state index contributed by atoms with van der Waals surface area (Å²) in [6.45, 7) is 5.57. The SMILES string of the molecule is COc1cc(C(=O)N2CCCC(C(C)N)C2)ccc1C.Cl. The number of benzene rings is 1. The highest BCUT2D eigenvalue weighted by atomic mass is 35.5. The highest BCUT2D eigenvalue weighted by molar-refractivity contribution is 5.94. The maximum absolute atomic E-state index is 12.6. The van der Waals surface area contributed by atoms with E-state index in [0.29, 0.717) is 11.5 Å². The molecule has 0 aromatic heterocycles. The van der Waals surface area contributed by atoms with Crippen LogP contribution in [0.15, 0.2) is 18.2 Å². The molecule has 5 heteroatoms. The van der Waals surface area contributed by atoms with Gasteiger partial charge in [0.2, 0.25) is 0 Å². The first-order valence-electron chi connectivity index (χ1n) is 7.22. The van der Waals surface area contributed by atoms with Crippen LogP contribution < -0.4 is 10.5 Å². The third-order valence-electron chi connectivity index (χ3n) is 4.14. The fraction of sp³-hybridized carbons (Fsp3) is 0.562. The van der Waals surface area contributed by atoms with Crippen LogP contribution in [0.25, 0.3) is 0 Å². The Morgan fingerprint density at radius 2 is 2.19 bits per heavy atom. The van der Waals surface area contributed by atoms with E-state index in [-0.39, 0.29) is 24.4 Å². The van der Waals surface area contributed by atoms with Crippen molar-refractivity contribution in [2.45, 2.75) is 32.7 Å². The smallest absolute Gasteiger partial charge is 0.253 e. The molecule has 1 amide bonds. The first-order valence-corrected chi connectivity index (χ1v) is 7.22. The summed E-state index contributed by atoms with van der Waals surface area (Å²) in [5, 5.41) is 0. The van der Waals surface area contributed by atoms with E-state index in [9.17, 15) is 4.79 Å². The van der Waals surface area contributed by atoms with E-state index < -0.39 is 0 Å². The van der Waals surface area contributed by atoms with Gasteiger partial charge in [-0.15, -0.1) is 12.4 Å².